The van der Waals surface area contributed by atoms with Crippen LogP contribution in [-0.4, -0.2) is 35.7 Å². The Morgan fingerprint density at radius 3 is 2.71 bits per heavy atom. The first-order chi connectivity index (χ1) is 7.88. The van der Waals surface area contributed by atoms with Crippen LogP contribution in [0.1, 0.15) is 19.9 Å². The fourth-order valence-corrected chi connectivity index (χ4v) is 1.15. The highest BCUT2D eigenvalue weighted by molar-refractivity contribution is 5.11. The van der Waals surface area contributed by atoms with E-state index >= 15 is 0 Å². The van der Waals surface area contributed by atoms with Crippen molar-refractivity contribution < 1.29 is 17.9 Å². The molecular formula is C10H16F3N3O. The second kappa shape index (κ2) is 5.90. The lowest BCUT2D eigenvalue weighted by molar-refractivity contribution is -0.124. The molecule has 1 heterocycles. The molecule has 0 amide bonds. The Labute approximate surface area is 97.8 Å². The van der Waals surface area contributed by atoms with Gasteiger partial charge in [0.2, 0.25) is 0 Å². The second-order valence-electron chi connectivity index (χ2n) is 3.89. The molecule has 0 saturated heterocycles. The second-order valence-corrected chi connectivity index (χ2v) is 3.89. The number of alkyl halides is 3. The van der Waals surface area contributed by atoms with Crippen LogP contribution in [0, 0.1) is 0 Å². The summed E-state index contributed by atoms with van der Waals surface area (Å²) >= 11 is 0. The molecule has 0 aromatic carbocycles. The third-order valence-electron chi connectivity index (χ3n) is 1.98. The van der Waals surface area contributed by atoms with Crippen molar-refractivity contribution >= 4 is 0 Å². The minimum atomic E-state index is -4.18. The standard InChI is InChI=1S/C10H16F3N3O/c1-8(2)16-6-9(5-15-16)17-4-3-14-7-10(11,12)13/h5-6,8,14H,3-4,7H2,1-2H3. The van der Waals surface area contributed by atoms with Crippen molar-refractivity contribution in [1.29, 1.82) is 0 Å². The van der Waals surface area contributed by atoms with Gasteiger partial charge in [-0.3, -0.25) is 4.68 Å². The van der Waals surface area contributed by atoms with Crippen LogP contribution in [0.2, 0.25) is 0 Å². The van der Waals surface area contributed by atoms with E-state index < -0.39 is 12.7 Å². The van der Waals surface area contributed by atoms with Crippen molar-refractivity contribution in [3.63, 3.8) is 0 Å². The lowest BCUT2D eigenvalue weighted by Crippen LogP contribution is -2.31. The minimum Gasteiger partial charge on any atom is -0.489 e. The van der Waals surface area contributed by atoms with Gasteiger partial charge in [-0.2, -0.15) is 18.3 Å². The van der Waals surface area contributed by atoms with E-state index in [1.165, 1.54) is 0 Å². The van der Waals surface area contributed by atoms with Gasteiger partial charge in [-0.15, -0.1) is 0 Å². The van der Waals surface area contributed by atoms with Crippen molar-refractivity contribution in [3.05, 3.63) is 12.4 Å². The predicted molar refractivity (Wildman–Crippen MR) is 57.0 cm³/mol. The van der Waals surface area contributed by atoms with Crippen LogP contribution < -0.4 is 10.1 Å². The molecule has 0 radical (unpaired) electrons. The van der Waals surface area contributed by atoms with Crippen LogP contribution in [0.4, 0.5) is 13.2 Å². The van der Waals surface area contributed by atoms with E-state index in [1.54, 1.807) is 17.1 Å². The maximum absolute atomic E-state index is 11.8. The summed E-state index contributed by atoms with van der Waals surface area (Å²) < 4.78 is 42.3. The van der Waals surface area contributed by atoms with Gasteiger partial charge in [0.1, 0.15) is 6.61 Å². The molecular weight excluding hydrogens is 235 g/mol. The lowest BCUT2D eigenvalue weighted by atomic mass is 10.4. The van der Waals surface area contributed by atoms with Gasteiger partial charge >= 0.3 is 6.18 Å². The fourth-order valence-electron chi connectivity index (χ4n) is 1.15. The molecule has 0 bridgehead atoms. The number of nitrogens with one attached hydrogen (secondary N) is 1. The Kier molecular flexibility index (Phi) is 4.80. The number of hydrogen-bond acceptors (Lipinski definition) is 3. The van der Waals surface area contributed by atoms with Gasteiger partial charge in [-0.1, -0.05) is 0 Å². The van der Waals surface area contributed by atoms with Gasteiger partial charge in [-0.05, 0) is 13.8 Å². The fraction of sp³-hybridized carbons (Fsp3) is 0.700. The molecule has 1 aromatic heterocycles. The summed E-state index contributed by atoms with van der Waals surface area (Å²) in [6, 6.07) is 0.232. The molecule has 0 aliphatic carbocycles. The molecule has 7 heteroatoms. The Balaban J connectivity index is 2.18. The predicted octanol–water partition coefficient (Wildman–Crippen LogP) is 1.99. The first-order valence-electron chi connectivity index (χ1n) is 5.33. The number of ether oxygens (including phenoxy) is 1. The van der Waals surface area contributed by atoms with Crippen molar-refractivity contribution in [3.8, 4) is 5.75 Å². The van der Waals surface area contributed by atoms with Crippen molar-refractivity contribution in [2.45, 2.75) is 26.1 Å². The van der Waals surface area contributed by atoms with Gasteiger partial charge in [0.25, 0.3) is 0 Å². The SMILES string of the molecule is CC(C)n1cc(OCCNCC(F)(F)F)cn1. The Bertz CT molecular complexity index is 336. The summed E-state index contributed by atoms with van der Waals surface area (Å²) in [6.07, 6.45) is -0.916. The molecule has 1 aromatic rings. The van der Waals surface area contributed by atoms with Crippen LogP contribution in [0.25, 0.3) is 0 Å². The van der Waals surface area contributed by atoms with Crippen molar-refractivity contribution in [1.82, 2.24) is 15.1 Å². The van der Waals surface area contributed by atoms with Crippen molar-refractivity contribution in [2.75, 3.05) is 19.7 Å². The lowest BCUT2D eigenvalue weighted by Gasteiger charge is -2.08. The normalized spacial score (nSPS) is 12.1. The molecule has 0 atom stereocenters. The zero-order valence-electron chi connectivity index (χ0n) is 9.79. The summed E-state index contributed by atoms with van der Waals surface area (Å²) in [7, 11) is 0. The third-order valence-corrected chi connectivity index (χ3v) is 1.98. The third kappa shape index (κ3) is 5.58. The molecule has 17 heavy (non-hydrogen) atoms. The summed E-state index contributed by atoms with van der Waals surface area (Å²) in [5, 5.41) is 6.29. The molecule has 0 aliphatic heterocycles. The molecule has 1 rings (SSSR count). The highest BCUT2D eigenvalue weighted by Crippen LogP contribution is 2.13. The van der Waals surface area contributed by atoms with E-state index in [9.17, 15) is 13.2 Å². The van der Waals surface area contributed by atoms with Crippen LogP contribution in [-0.2, 0) is 0 Å². The first kappa shape index (κ1) is 13.8. The monoisotopic (exact) mass is 251 g/mol. The maximum Gasteiger partial charge on any atom is 0.401 e. The van der Waals surface area contributed by atoms with E-state index in [2.05, 4.69) is 10.4 Å². The number of hydrogen-bond donors (Lipinski definition) is 1. The van der Waals surface area contributed by atoms with Gasteiger partial charge in [-0.25, -0.2) is 0 Å². The number of rotatable bonds is 6. The highest BCUT2D eigenvalue weighted by atomic mass is 19.4. The van der Waals surface area contributed by atoms with Gasteiger partial charge in [0.15, 0.2) is 5.75 Å². The topological polar surface area (TPSA) is 39.1 Å². The van der Waals surface area contributed by atoms with Crippen LogP contribution in [0.5, 0.6) is 5.75 Å². The van der Waals surface area contributed by atoms with Crippen LogP contribution in [0.3, 0.4) is 0 Å². The molecule has 0 saturated carbocycles. The zero-order chi connectivity index (χ0) is 12.9. The van der Waals surface area contributed by atoms with Crippen LogP contribution >= 0.6 is 0 Å². The van der Waals surface area contributed by atoms with E-state index in [0.717, 1.165) is 0 Å². The minimum absolute atomic E-state index is 0.145. The smallest absolute Gasteiger partial charge is 0.401 e. The van der Waals surface area contributed by atoms with E-state index in [-0.39, 0.29) is 19.2 Å². The van der Waals surface area contributed by atoms with Gasteiger partial charge in [0, 0.05) is 12.6 Å². The van der Waals surface area contributed by atoms with Gasteiger partial charge < -0.3 is 10.1 Å². The Morgan fingerprint density at radius 1 is 1.47 bits per heavy atom. The van der Waals surface area contributed by atoms with Crippen LogP contribution in [0.15, 0.2) is 12.4 Å². The summed E-state index contributed by atoms with van der Waals surface area (Å²) in [4.78, 5) is 0. The van der Waals surface area contributed by atoms with E-state index in [0.29, 0.717) is 5.75 Å². The summed E-state index contributed by atoms with van der Waals surface area (Å²) in [5.41, 5.74) is 0. The molecule has 4 nitrogen and oxygen atoms in total. The Morgan fingerprint density at radius 2 is 2.18 bits per heavy atom. The zero-order valence-corrected chi connectivity index (χ0v) is 9.79. The number of halogens is 3. The number of nitrogens with zero attached hydrogens (tertiary/aromatic N) is 2. The Hall–Kier alpha value is -1.24. The van der Waals surface area contributed by atoms with Gasteiger partial charge in [0.05, 0.1) is 18.9 Å². The summed E-state index contributed by atoms with van der Waals surface area (Å²) in [6.45, 7) is 3.27. The highest BCUT2D eigenvalue weighted by Gasteiger charge is 2.25. The molecule has 98 valence electrons. The average Bonchev–Trinajstić information content (AvgIpc) is 2.64. The van der Waals surface area contributed by atoms with Crippen molar-refractivity contribution in [2.24, 2.45) is 0 Å². The van der Waals surface area contributed by atoms with E-state index in [1.807, 2.05) is 13.8 Å². The van der Waals surface area contributed by atoms with E-state index in [4.69, 9.17) is 4.74 Å². The number of aromatic nitrogens is 2. The molecule has 1 N–H and O–H groups in total. The largest absolute Gasteiger partial charge is 0.489 e. The molecule has 0 aliphatic rings. The summed E-state index contributed by atoms with van der Waals surface area (Å²) in [5.74, 6) is 0.563. The quantitative estimate of drug-likeness (QED) is 0.786. The first-order valence-corrected chi connectivity index (χ1v) is 5.33. The molecule has 0 fully saturated rings. The molecule has 0 unspecified atom stereocenters. The average molecular weight is 251 g/mol. The molecule has 0 spiro atoms. The maximum atomic E-state index is 11.8.